The van der Waals surface area contributed by atoms with Gasteiger partial charge in [0.2, 0.25) is 5.28 Å². The number of halogens is 1. The molecule has 13 heteroatoms. The molecule has 0 saturated heterocycles. The van der Waals surface area contributed by atoms with Crippen molar-refractivity contribution >= 4 is 36.4 Å². The Balaban J connectivity index is 1.53. The number of nitrogens with two attached hydrogens (primary N) is 1. The van der Waals surface area contributed by atoms with Crippen molar-refractivity contribution in [3.05, 3.63) is 11.6 Å². The molecule has 4 fully saturated rings. The topological polar surface area (TPSA) is 177 Å². The molecule has 1 unspecified atom stereocenters. The lowest BCUT2D eigenvalue weighted by atomic mass is 10.0. The predicted octanol–water partition coefficient (Wildman–Crippen LogP) is -0.936. The number of aromatic nitrogens is 4. The summed E-state index contributed by atoms with van der Waals surface area (Å²) in [6.07, 6.45) is 0.274. The van der Waals surface area contributed by atoms with Crippen molar-refractivity contribution in [3.8, 4) is 0 Å². The van der Waals surface area contributed by atoms with Crippen LogP contribution in [-0.4, -0.2) is 57.8 Å². The van der Waals surface area contributed by atoms with Crippen LogP contribution in [0.1, 0.15) is 6.04 Å². The van der Waals surface area contributed by atoms with Crippen LogP contribution in [0.4, 0.5) is 5.82 Å². The monoisotopic (exact) mass is 389 g/mol. The molecule has 2 heterocycles. The fourth-order valence-corrected chi connectivity index (χ4v) is 5.43. The molecule has 4 saturated carbocycles. The molecule has 0 aromatic carbocycles. The Kier molecular flexibility index (Phi) is 2.74. The summed E-state index contributed by atoms with van der Waals surface area (Å²) in [5, 5.41) is 21.2. The quantitative estimate of drug-likeness (QED) is 0.324. The molecule has 6 rings (SSSR count). The minimum atomic E-state index is -4.67. The Bertz CT molecular complexity index is 980. The van der Waals surface area contributed by atoms with E-state index in [1.807, 2.05) is 0 Å². The normalized spacial score (nSPS) is 41.2. The fraction of sp³-hybridized carbons (Fsp3) is 0.583. The van der Waals surface area contributed by atoms with Gasteiger partial charge in [-0.05, 0) is 17.5 Å². The molecule has 4 aliphatic carbocycles. The third-order valence-corrected chi connectivity index (χ3v) is 6.53. The van der Waals surface area contributed by atoms with Crippen molar-refractivity contribution in [2.24, 2.45) is 17.3 Å². The van der Waals surface area contributed by atoms with E-state index in [1.165, 1.54) is 6.33 Å². The van der Waals surface area contributed by atoms with Gasteiger partial charge >= 0.3 is 7.82 Å². The lowest BCUT2D eigenvalue weighted by Crippen LogP contribution is -2.34. The second-order valence-corrected chi connectivity index (χ2v) is 8.35. The number of anilines is 1. The van der Waals surface area contributed by atoms with E-state index in [1.54, 1.807) is 4.57 Å². The van der Waals surface area contributed by atoms with E-state index in [0.29, 0.717) is 11.2 Å². The molecule has 0 aliphatic heterocycles. The number of nitrogens with zero attached hydrogens (tertiary/aromatic N) is 4. The molecule has 6 N–H and O–H groups in total. The molecule has 11 nitrogen and oxygen atoms in total. The molecule has 0 spiro atoms. The van der Waals surface area contributed by atoms with E-state index in [-0.39, 0.29) is 29.5 Å². The third-order valence-electron chi connectivity index (χ3n) is 5.89. The average Bonchev–Trinajstić information content (AvgIpc) is 3.16. The highest BCUT2D eigenvalue weighted by atomic mass is 35.5. The van der Waals surface area contributed by atoms with Crippen molar-refractivity contribution < 1.29 is 29.1 Å². The Morgan fingerprint density at radius 3 is 2.80 bits per heavy atom. The van der Waals surface area contributed by atoms with Gasteiger partial charge in [-0.3, -0.25) is 4.52 Å². The molecule has 25 heavy (non-hydrogen) atoms. The second-order valence-electron chi connectivity index (χ2n) is 6.77. The maximum absolute atomic E-state index is 11.0. The molecule has 6 atom stereocenters. The third kappa shape index (κ3) is 1.69. The van der Waals surface area contributed by atoms with Gasteiger partial charge in [-0.1, -0.05) is 0 Å². The van der Waals surface area contributed by atoms with Crippen LogP contribution in [-0.2, 0) is 9.09 Å². The Labute approximate surface area is 144 Å². The van der Waals surface area contributed by atoms with Crippen molar-refractivity contribution in [2.75, 3.05) is 12.3 Å². The summed E-state index contributed by atoms with van der Waals surface area (Å²) >= 11 is 5.84. The van der Waals surface area contributed by atoms with Crippen molar-refractivity contribution in [1.82, 2.24) is 19.5 Å². The van der Waals surface area contributed by atoms with E-state index in [2.05, 4.69) is 19.5 Å². The number of aliphatic hydroxyl groups is 2. The van der Waals surface area contributed by atoms with Crippen LogP contribution >= 0.6 is 19.4 Å². The van der Waals surface area contributed by atoms with E-state index in [9.17, 15) is 14.8 Å². The van der Waals surface area contributed by atoms with E-state index < -0.39 is 31.0 Å². The summed E-state index contributed by atoms with van der Waals surface area (Å²) in [5.74, 6) is -0.413. The molecule has 0 radical (unpaired) electrons. The number of phosphoric ester groups is 1. The number of hydrogen-bond acceptors (Lipinski definition) is 8. The second kappa shape index (κ2) is 4.32. The number of hydrogen-bond donors (Lipinski definition) is 5. The SMILES string of the molecule is Nc1nc(Cl)nc2c1ncn2[C@@H]1[C@H]2C3[C@@](O)([C@H]1O)[C@]32COP(=O)(O)O. The zero-order valence-corrected chi connectivity index (χ0v) is 14.0. The van der Waals surface area contributed by atoms with E-state index >= 15 is 0 Å². The number of nitrogen functional groups attached to an aromatic ring is 1. The number of aliphatic hydroxyl groups excluding tert-OH is 1. The van der Waals surface area contributed by atoms with Gasteiger partial charge in [0, 0.05) is 11.3 Å². The van der Waals surface area contributed by atoms with Crippen LogP contribution < -0.4 is 5.73 Å². The first-order chi connectivity index (χ1) is 11.6. The number of fused-ring (bicyclic) bond motifs is 2. The average molecular weight is 390 g/mol. The van der Waals surface area contributed by atoms with Gasteiger partial charge in [0.05, 0.1) is 19.0 Å². The first kappa shape index (κ1) is 15.9. The van der Waals surface area contributed by atoms with E-state index in [0.717, 1.165) is 0 Å². The van der Waals surface area contributed by atoms with Gasteiger partial charge in [-0.15, -0.1) is 0 Å². The van der Waals surface area contributed by atoms with Gasteiger partial charge in [0.1, 0.15) is 17.2 Å². The van der Waals surface area contributed by atoms with E-state index in [4.69, 9.17) is 27.1 Å². The van der Waals surface area contributed by atoms with Crippen LogP contribution in [0.2, 0.25) is 5.28 Å². The zero-order chi connectivity index (χ0) is 17.9. The zero-order valence-electron chi connectivity index (χ0n) is 12.4. The van der Waals surface area contributed by atoms with Gasteiger partial charge in [0.25, 0.3) is 0 Å². The molecule has 134 valence electrons. The Hall–Kier alpha value is -1.33. The highest BCUT2D eigenvalue weighted by Crippen LogP contribution is 2.95. The van der Waals surface area contributed by atoms with Gasteiger partial charge in [0.15, 0.2) is 11.5 Å². The summed E-state index contributed by atoms with van der Waals surface area (Å²) in [7, 11) is -4.67. The first-order valence-electron chi connectivity index (χ1n) is 7.39. The number of phosphoric acid groups is 1. The van der Waals surface area contributed by atoms with Gasteiger partial charge < -0.3 is 30.3 Å². The van der Waals surface area contributed by atoms with Crippen LogP contribution in [0, 0.1) is 17.3 Å². The molecule has 2 bridgehead atoms. The first-order valence-corrected chi connectivity index (χ1v) is 9.30. The standard InChI is InChI=1S/C12H13ClN5O6P/c13-10-16-8(14)4-9(17-10)18(2-15-4)5-3-6-11(3,1-24-25(21,22)23)12(6,20)7(5)19/h2-3,5-7,19-20H,1H2,(H2,14,16,17)(H2,21,22,23)/t3-,5+,6?,7-,11-,12+/m0/s1. The van der Waals surface area contributed by atoms with Crippen LogP contribution in [0.3, 0.4) is 0 Å². The summed E-state index contributed by atoms with van der Waals surface area (Å²) < 4.78 is 17.1. The van der Waals surface area contributed by atoms with Gasteiger partial charge in [-0.25, -0.2) is 9.55 Å². The lowest BCUT2D eigenvalue weighted by Gasteiger charge is -2.18. The Morgan fingerprint density at radius 1 is 1.44 bits per heavy atom. The highest BCUT2D eigenvalue weighted by Gasteiger charge is 3.04. The smallest absolute Gasteiger partial charge is 0.388 e. The van der Waals surface area contributed by atoms with Crippen LogP contribution in [0.5, 0.6) is 0 Å². The fourth-order valence-electron chi connectivity index (χ4n) is 4.88. The summed E-state index contributed by atoms with van der Waals surface area (Å²) in [4.78, 5) is 29.9. The van der Waals surface area contributed by atoms with Gasteiger partial charge in [-0.2, -0.15) is 9.97 Å². The molecular weight excluding hydrogens is 377 g/mol. The van der Waals surface area contributed by atoms with Crippen molar-refractivity contribution in [2.45, 2.75) is 17.7 Å². The summed E-state index contributed by atoms with van der Waals surface area (Å²) in [6, 6.07) is -0.578. The molecule has 0 amide bonds. The summed E-state index contributed by atoms with van der Waals surface area (Å²) in [5.41, 5.74) is 4.12. The predicted molar refractivity (Wildman–Crippen MR) is 82.1 cm³/mol. The van der Waals surface area contributed by atoms with Crippen LogP contribution in [0.15, 0.2) is 6.33 Å². The van der Waals surface area contributed by atoms with Crippen molar-refractivity contribution in [3.63, 3.8) is 0 Å². The molecule has 2 aromatic rings. The summed E-state index contributed by atoms with van der Waals surface area (Å²) in [6.45, 7) is -0.332. The molecule has 2 aromatic heterocycles. The lowest BCUT2D eigenvalue weighted by molar-refractivity contribution is -0.0304. The number of imidazole rings is 1. The Morgan fingerprint density at radius 2 is 2.16 bits per heavy atom. The van der Waals surface area contributed by atoms with Crippen LogP contribution in [0.25, 0.3) is 11.2 Å². The molecular formula is C12H13ClN5O6P. The molecule has 4 aliphatic rings. The van der Waals surface area contributed by atoms with Crippen molar-refractivity contribution in [1.29, 1.82) is 0 Å². The number of rotatable bonds is 4. The maximum atomic E-state index is 11.0. The minimum absolute atomic E-state index is 0.0720. The minimum Gasteiger partial charge on any atom is -0.388 e. The highest BCUT2D eigenvalue weighted by molar-refractivity contribution is 7.46. The maximum Gasteiger partial charge on any atom is 0.469 e. The largest absolute Gasteiger partial charge is 0.469 e.